The summed E-state index contributed by atoms with van der Waals surface area (Å²) < 4.78 is 6.14. The molecule has 2 aromatic rings. The number of likely N-dealkylation sites (tertiary alicyclic amines) is 1. The van der Waals surface area contributed by atoms with Crippen molar-refractivity contribution in [2.24, 2.45) is 0 Å². The maximum atomic E-state index is 13.3. The van der Waals surface area contributed by atoms with E-state index in [0.29, 0.717) is 25.9 Å². The molecule has 2 heterocycles. The van der Waals surface area contributed by atoms with Crippen LogP contribution in [-0.2, 0) is 25.5 Å². The van der Waals surface area contributed by atoms with Gasteiger partial charge in [0.2, 0.25) is 11.8 Å². The van der Waals surface area contributed by atoms with Crippen LogP contribution in [0.3, 0.4) is 0 Å². The summed E-state index contributed by atoms with van der Waals surface area (Å²) in [6.45, 7) is 1.53. The Morgan fingerprint density at radius 1 is 1.03 bits per heavy atom. The maximum Gasteiger partial charge on any atom is 0.256 e. The van der Waals surface area contributed by atoms with E-state index in [1.54, 1.807) is 23.9 Å². The predicted molar refractivity (Wildman–Crippen MR) is 125 cm³/mol. The summed E-state index contributed by atoms with van der Waals surface area (Å²) in [4.78, 5) is 43.2. The van der Waals surface area contributed by atoms with Crippen LogP contribution >= 0.6 is 0 Å². The molecule has 7 heteroatoms. The fourth-order valence-corrected chi connectivity index (χ4v) is 4.67. The SMILES string of the molecule is CN(C)C(=O)C1(Cc2cccc(-c3ccccc3)c2)CN(C(=O)CN2CCCC2=O)CCO1. The lowest BCUT2D eigenvalue weighted by atomic mass is 9.89. The van der Waals surface area contributed by atoms with E-state index in [2.05, 4.69) is 18.2 Å². The third kappa shape index (κ3) is 5.09. The highest BCUT2D eigenvalue weighted by Gasteiger charge is 2.46. The van der Waals surface area contributed by atoms with E-state index in [-0.39, 0.29) is 37.4 Å². The highest BCUT2D eigenvalue weighted by molar-refractivity contribution is 5.89. The highest BCUT2D eigenvalue weighted by Crippen LogP contribution is 2.28. The number of rotatable bonds is 6. The standard InChI is InChI=1S/C26H31N3O4/c1-27(2)25(32)26(17-20-8-6-11-22(16-20)21-9-4-3-5-10-21)19-29(14-15-33-26)24(31)18-28-13-7-12-23(28)30/h3-6,8-11,16H,7,12-15,17-19H2,1-2H3. The lowest BCUT2D eigenvalue weighted by molar-refractivity contribution is -0.173. The molecule has 0 saturated carbocycles. The molecule has 2 fully saturated rings. The van der Waals surface area contributed by atoms with Crippen molar-refractivity contribution in [1.29, 1.82) is 0 Å². The van der Waals surface area contributed by atoms with Gasteiger partial charge in [0.15, 0.2) is 5.60 Å². The summed E-state index contributed by atoms with van der Waals surface area (Å²) in [5.41, 5.74) is 1.97. The minimum atomic E-state index is -1.16. The van der Waals surface area contributed by atoms with E-state index >= 15 is 0 Å². The number of hydrogen-bond donors (Lipinski definition) is 0. The molecular weight excluding hydrogens is 418 g/mol. The molecule has 1 unspecified atom stereocenters. The van der Waals surface area contributed by atoms with Gasteiger partial charge < -0.3 is 19.4 Å². The van der Waals surface area contributed by atoms with Gasteiger partial charge in [0.05, 0.1) is 19.7 Å². The van der Waals surface area contributed by atoms with Crippen molar-refractivity contribution in [2.75, 3.05) is 46.9 Å². The highest BCUT2D eigenvalue weighted by atomic mass is 16.5. The zero-order chi connectivity index (χ0) is 23.4. The number of benzene rings is 2. The van der Waals surface area contributed by atoms with Gasteiger partial charge >= 0.3 is 0 Å². The van der Waals surface area contributed by atoms with E-state index < -0.39 is 5.60 Å². The molecule has 2 saturated heterocycles. The van der Waals surface area contributed by atoms with Crippen LogP contribution < -0.4 is 0 Å². The Morgan fingerprint density at radius 3 is 2.48 bits per heavy atom. The number of carbonyl (C=O) groups is 3. The Labute approximate surface area is 194 Å². The fourth-order valence-electron chi connectivity index (χ4n) is 4.67. The minimum Gasteiger partial charge on any atom is -0.361 e. The lowest BCUT2D eigenvalue weighted by Gasteiger charge is -2.43. The molecule has 174 valence electrons. The van der Waals surface area contributed by atoms with Gasteiger partial charge in [-0.25, -0.2) is 0 Å². The van der Waals surface area contributed by atoms with Crippen LogP contribution in [0, 0.1) is 0 Å². The topological polar surface area (TPSA) is 70.2 Å². The monoisotopic (exact) mass is 449 g/mol. The van der Waals surface area contributed by atoms with Crippen LogP contribution in [0.25, 0.3) is 11.1 Å². The van der Waals surface area contributed by atoms with Crippen LogP contribution in [0.1, 0.15) is 18.4 Å². The summed E-state index contributed by atoms with van der Waals surface area (Å²) in [7, 11) is 3.41. The van der Waals surface area contributed by atoms with Gasteiger partial charge in [0, 0.05) is 40.0 Å². The van der Waals surface area contributed by atoms with E-state index in [1.807, 2.05) is 36.4 Å². The van der Waals surface area contributed by atoms with Crippen LogP contribution in [0.2, 0.25) is 0 Å². The van der Waals surface area contributed by atoms with Crippen molar-refractivity contribution in [1.82, 2.24) is 14.7 Å². The van der Waals surface area contributed by atoms with Crippen molar-refractivity contribution in [3.63, 3.8) is 0 Å². The van der Waals surface area contributed by atoms with Gasteiger partial charge in [-0.3, -0.25) is 14.4 Å². The number of hydrogen-bond acceptors (Lipinski definition) is 4. The van der Waals surface area contributed by atoms with Crippen molar-refractivity contribution >= 4 is 17.7 Å². The first-order valence-corrected chi connectivity index (χ1v) is 11.4. The largest absolute Gasteiger partial charge is 0.361 e. The summed E-state index contributed by atoms with van der Waals surface area (Å²) in [5.74, 6) is -0.283. The van der Waals surface area contributed by atoms with Crippen molar-refractivity contribution in [2.45, 2.75) is 24.9 Å². The molecule has 33 heavy (non-hydrogen) atoms. The van der Waals surface area contributed by atoms with Gasteiger partial charge in [-0.05, 0) is 23.1 Å². The van der Waals surface area contributed by atoms with Crippen LogP contribution in [-0.4, -0.2) is 84.9 Å². The Morgan fingerprint density at radius 2 is 1.79 bits per heavy atom. The molecule has 0 N–H and O–H groups in total. The summed E-state index contributed by atoms with van der Waals surface area (Å²) in [6.07, 6.45) is 1.64. The van der Waals surface area contributed by atoms with Crippen molar-refractivity contribution in [3.8, 4) is 11.1 Å². The van der Waals surface area contributed by atoms with E-state index in [9.17, 15) is 14.4 Å². The third-order valence-electron chi connectivity index (χ3n) is 6.36. The van der Waals surface area contributed by atoms with Gasteiger partial charge in [-0.2, -0.15) is 0 Å². The average molecular weight is 450 g/mol. The quantitative estimate of drug-likeness (QED) is 0.678. The normalized spacial score (nSPS) is 20.7. The predicted octanol–water partition coefficient (Wildman–Crippen LogP) is 2.20. The number of nitrogens with zero attached hydrogens (tertiary/aromatic N) is 3. The molecule has 2 aliphatic heterocycles. The molecule has 2 aromatic carbocycles. The molecule has 2 aliphatic rings. The average Bonchev–Trinajstić information content (AvgIpc) is 3.23. The summed E-state index contributed by atoms with van der Waals surface area (Å²) in [6, 6.07) is 18.2. The van der Waals surface area contributed by atoms with Crippen molar-refractivity contribution < 1.29 is 19.1 Å². The molecule has 3 amide bonds. The number of likely N-dealkylation sites (N-methyl/N-ethyl adjacent to an activating group) is 1. The molecule has 0 aromatic heterocycles. The van der Waals surface area contributed by atoms with Gasteiger partial charge in [-0.1, -0.05) is 54.6 Å². The zero-order valence-corrected chi connectivity index (χ0v) is 19.3. The Balaban J connectivity index is 1.57. The fraction of sp³-hybridized carbons (Fsp3) is 0.423. The Kier molecular flexibility index (Phi) is 6.79. The van der Waals surface area contributed by atoms with Gasteiger partial charge in [0.1, 0.15) is 0 Å². The molecule has 0 aliphatic carbocycles. The van der Waals surface area contributed by atoms with E-state index in [1.165, 1.54) is 4.90 Å². The molecule has 7 nitrogen and oxygen atoms in total. The second-order valence-corrected chi connectivity index (χ2v) is 9.02. The number of morpholine rings is 1. The van der Waals surface area contributed by atoms with Crippen molar-refractivity contribution in [3.05, 3.63) is 60.2 Å². The molecule has 0 spiro atoms. The van der Waals surface area contributed by atoms with E-state index in [0.717, 1.165) is 23.1 Å². The lowest BCUT2D eigenvalue weighted by Crippen LogP contribution is -2.62. The summed E-state index contributed by atoms with van der Waals surface area (Å²) in [5, 5.41) is 0. The number of amides is 3. The molecule has 4 rings (SSSR count). The zero-order valence-electron chi connectivity index (χ0n) is 19.3. The van der Waals surface area contributed by atoms with E-state index in [4.69, 9.17) is 4.74 Å². The Bertz CT molecular complexity index is 1020. The second kappa shape index (κ2) is 9.75. The maximum absolute atomic E-state index is 13.3. The summed E-state index contributed by atoms with van der Waals surface area (Å²) >= 11 is 0. The molecular formula is C26H31N3O4. The number of carbonyl (C=O) groups excluding carboxylic acids is 3. The molecule has 0 bridgehead atoms. The number of ether oxygens (including phenoxy) is 1. The second-order valence-electron chi connectivity index (χ2n) is 9.02. The van der Waals surface area contributed by atoms with Crippen LogP contribution in [0.15, 0.2) is 54.6 Å². The first-order chi connectivity index (χ1) is 15.9. The third-order valence-corrected chi connectivity index (χ3v) is 6.36. The molecule has 0 radical (unpaired) electrons. The first-order valence-electron chi connectivity index (χ1n) is 11.4. The Hall–Kier alpha value is -3.19. The first kappa shape index (κ1) is 23.0. The smallest absolute Gasteiger partial charge is 0.256 e. The van der Waals surface area contributed by atoms with Crippen LogP contribution in [0.5, 0.6) is 0 Å². The molecule has 1 atom stereocenters. The minimum absolute atomic E-state index is 0.0185. The van der Waals surface area contributed by atoms with Crippen LogP contribution in [0.4, 0.5) is 0 Å². The van der Waals surface area contributed by atoms with Gasteiger partial charge in [0.25, 0.3) is 5.91 Å². The van der Waals surface area contributed by atoms with Gasteiger partial charge in [-0.15, -0.1) is 0 Å².